The van der Waals surface area contributed by atoms with Gasteiger partial charge in [0, 0.05) is 6.20 Å². The van der Waals surface area contributed by atoms with Gasteiger partial charge in [-0.3, -0.25) is 0 Å². The van der Waals surface area contributed by atoms with Crippen LogP contribution in [0.15, 0.2) is 18.6 Å². The van der Waals surface area contributed by atoms with Gasteiger partial charge in [-0.1, -0.05) is 0 Å². The molecule has 1 aromatic heterocycles. The molecule has 0 saturated carbocycles. The first-order valence-corrected chi connectivity index (χ1v) is 4.33. The van der Waals surface area contributed by atoms with E-state index in [1.807, 2.05) is 13.8 Å². The van der Waals surface area contributed by atoms with Crippen LogP contribution in [0.25, 0.3) is 0 Å². The summed E-state index contributed by atoms with van der Waals surface area (Å²) in [7, 11) is 0. The van der Waals surface area contributed by atoms with E-state index in [0.717, 1.165) is 5.69 Å². The maximum atomic E-state index is 5.83. The zero-order valence-corrected chi connectivity index (χ0v) is 7.97. The summed E-state index contributed by atoms with van der Waals surface area (Å²) in [6.07, 6.45) is 3.37. The van der Waals surface area contributed by atoms with E-state index in [-0.39, 0.29) is 12.1 Å². The molecule has 0 aliphatic rings. The van der Waals surface area contributed by atoms with Crippen LogP contribution in [0.4, 0.5) is 0 Å². The Kier molecular flexibility index (Phi) is 3.79. The number of aromatic nitrogens is 2. The number of rotatable bonds is 4. The summed E-state index contributed by atoms with van der Waals surface area (Å²) in [6.45, 7) is 4.45. The van der Waals surface area contributed by atoms with Crippen LogP contribution < -0.4 is 5.73 Å². The molecule has 1 heterocycles. The highest BCUT2D eigenvalue weighted by Crippen LogP contribution is 2.06. The van der Waals surface area contributed by atoms with Crippen molar-refractivity contribution in [3.8, 4) is 0 Å². The predicted molar refractivity (Wildman–Crippen MR) is 50.0 cm³/mol. The smallest absolute Gasteiger partial charge is 0.115 e. The molecule has 1 rings (SSSR count). The summed E-state index contributed by atoms with van der Waals surface area (Å²) >= 11 is 0. The largest absolute Gasteiger partial charge is 0.377 e. The first kappa shape index (κ1) is 10.1. The highest BCUT2D eigenvalue weighted by atomic mass is 16.5. The van der Waals surface area contributed by atoms with Gasteiger partial charge in [-0.15, -0.1) is 0 Å². The molecule has 13 heavy (non-hydrogen) atoms. The first-order valence-electron chi connectivity index (χ1n) is 4.33. The third-order valence-corrected chi connectivity index (χ3v) is 1.59. The van der Waals surface area contributed by atoms with E-state index in [0.29, 0.717) is 6.61 Å². The van der Waals surface area contributed by atoms with Gasteiger partial charge in [0.15, 0.2) is 0 Å². The van der Waals surface area contributed by atoms with E-state index in [4.69, 9.17) is 10.5 Å². The molecular weight excluding hydrogens is 166 g/mol. The van der Waals surface area contributed by atoms with E-state index in [9.17, 15) is 0 Å². The summed E-state index contributed by atoms with van der Waals surface area (Å²) in [4.78, 5) is 7.86. The molecule has 4 nitrogen and oxygen atoms in total. The summed E-state index contributed by atoms with van der Waals surface area (Å²) in [5, 5.41) is 0. The lowest BCUT2D eigenvalue weighted by Gasteiger charge is -2.13. The Bertz CT molecular complexity index is 238. The molecule has 0 aliphatic carbocycles. The van der Waals surface area contributed by atoms with Gasteiger partial charge in [-0.2, -0.15) is 0 Å². The highest BCUT2D eigenvalue weighted by molar-refractivity contribution is 5.03. The average Bonchev–Trinajstić information content (AvgIpc) is 2.15. The maximum absolute atomic E-state index is 5.83. The Labute approximate surface area is 78.1 Å². The van der Waals surface area contributed by atoms with Gasteiger partial charge in [0.25, 0.3) is 0 Å². The molecule has 0 saturated heterocycles. The average molecular weight is 181 g/mol. The Morgan fingerprint density at radius 2 is 2.31 bits per heavy atom. The molecule has 1 atom stereocenters. The Morgan fingerprint density at radius 1 is 1.54 bits per heavy atom. The van der Waals surface area contributed by atoms with E-state index in [1.165, 1.54) is 6.33 Å². The molecule has 0 spiro atoms. The van der Waals surface area contributed by atoms with Crippen LogP contribution in [0.5, 0.6) is 0 Å². The van der Waals surface area contributed by atoms with Gasteiger partial charge in [0.2, 0.25) is 0 Å². The lowest BCUT2D eigenvalue weighted by molar-refractivity contribution is 0.0676. The normalized spacial score (nSPS) is 13.2. The third-order valence-electron chi connectivity index (χ3n) is 1.59. The van der Waals surface area contributed by atoms with E-state index in [2.05, 4.69) is 9.97 Å². The van der Waals surface area contributed by atoms with Crippen molar-refractivity contribution in [1.82, 2.24) is 9.97 Å². The molecule has 0 radical (unpaired) electrons. The lowest BCUT2D eigenvalue weighted by Crippen LogP contribution is -2.20. The number of hydrogen-bond donors (Lipinski definition) is 1. The van der Waals surface area contributed by atoms with Crippen molar-refractivity contribution < 1.29 is 4.74 Å². The molecule has 0 fully saturated rings. The Hall–Kier alpha value is -1.00. The van der Waals surface area contributed by atoms with E-state index in [1.54, 1.807) is 12.3 Å². The third kappa shape index (κ3) is 3.48. The van der Waals surface area contributed by atoms with Gasteiger partial charge < -0.3 is 10.5 Å². The number of ether oxygens (including phenoxy) is 1. The zero-order chi connectivity index (χ0) is 9.68. The van der Waals surface area contributed by atoms with Crippen LogP contribution in [0.3, 0.4) is 0 Å². The SMILES string of the molecule is CC(C)OCC(N)c1ccncn1. The standard InChI is InChI=1S/C9H15N3O/c1-7(2)13-5-8(10)9-3-4-11-6-12-9/h3-4,6-8H,5,10H2,1-2H3. The quantitative estimate of drug-likeness (QED) is 0.749. The van der Waals surface area contributed by atoms with Gasteiger partial charge >= 0.3 is 0 Å². The molecule has 2 N–H and O–H groups in total. The minimum absolute atomic E-state index is 0.162. The number of hydrogen-bond acceptors (Lipinski definition) is 4. The van der Waals surface area contributed by atoms with Crippen LogP contribution in [-0.2, 0) is 4.74 Å². The van der Waals surface area contributed by atoms with Crippen molar-refractivity contribution in [1.29, 1.82) is 0 Å². The van der Waals surface area contributed by atoms with Crippen LogP contribution in [0, 0.1) is 0 Å². The van der Waals surface area contributed by atoms with Crippen molar-refractivity contribution in [3.05, 3.63) is 24.3 Å². The monoisotopic (exact) mass is 181 g/mol. The van der Waals surface area contributed by atoms with Gasteiger partial charge in [-0.05, 0) is 19.9 Å². The highest BCUT2D eigenvalue weighted by Gasteiger charge is 2.07. The van der Waals surface area contributed by atoms with Crippen molar-refractivity contribution in [2.45, 2.75) is 26.0 Å². The first-order chi connectivity index (χ1) is 6.20. The minimum atomic E-state index is -0.162. The molecule has 1 unspecified atom stereocenters. The second kappa shape index (κ2) is 4.89. The summed E-state index contributed by atoms with van der Waals surface area (Å²) in [5.74, 6) is 0. The Morgan fingerprint density at radius 3 is 2.85 bits per heavy atom. The molecule has 4 heteroatoms. The van der Waals surface area contributed by atoms with Crippen LogP contribution >= 0.6 is 0 Å². The van der Waals surface area contributed by atoms with Crippen molar-refractivity contribution in [2.75, 3.05) is 6.61 Å². The maximum Gasteiger partial charge on any atom is 0.115 e. The predicted octanol–water partition coefficient (Wildman–Crippen LogP) is 0.901. The zero-order valence-electron chi connectivity index (χ0n) is 7.97. The summed E-state index contributed by atoms with van der Waals surface area (Å²) < 4.78 is 5.37. The van der Waals surface area contributed by atoms with Crippen LogP contribution in [0.2, 0.25) is 0 Å². The second-order valence-electron chi connectivity index (χ2n) is 3.12. The summed E-state index contributed by atoms with van der Waals surface area (Å²) in [5.41, 5.74) is 6.64. The fraction of sp³-hybridized carbons (Fsp3) is 0.556. The van der Waals surface area contributed by atoms with Crippen LogP contribution in [0.1, 0.15) is 25.6 Å². The van der Waals surface area contributed by atoms with Crippen molar-refractivity contribution >= 4 is 0 Å². The molecule has 72 valence electrons. The van der Waals surface area contributed by atoms with Crippen molar-refractivity contribution in [2.24, 2.45) is 5.73 Å². The molecule has 1 aromatic rings. The molecule has 0 amide bonds. The Balaban J connectivity index is 2.44. The van der Waals surface area contributed by atoms with Gasteiger partial charge in [0.1, 0.15) is 6.33 Å². The summed E-state index contributed by atoms with van der Waals surface area (Å²) in [6, 6.07) is 1.64. The lowest BCUT2D eigenvalue weighted by atomic mass is 10.2. The molecule has 0 aromatic carbocycles. The number of nitrogens with two attached hydrogens (primary N) is 1. The molecular formula is C9H15N3O. The fourth-order valence-corrected chi connectivity index (χ4v) is 0.902. The van der Waals surface area contributed by atoms with Crippen molar-refractivity contribution in [3.63, 3.8) is 0 Å². The fourth-order valence-electron chi connectivity index (χ4n) is 0.902. The van der Waals surface area contributed by atoms with Crippen LogP contribution in [-0.4, -0.2) is 22.7 Å². The number of nitrogens with zero attached hydrogens (tertiary/aromatic N) is 2. The van der Waals surface area contributed by atoms with Gasteiger partial charge in [-0.25, -0.2) is 9.97 Å². The molecule has 0 aliphatic heterocycles. The minimum Gasteiger partial charge on any atom is -0.377 e. The van der Waals surface area contributed by atoms with E-state index < -0.39 is 0 Å². The topological polar surface area (TPSA) is 61.0 Å². The van der Waals surface area contributed by atoms with E-state index >= 15 is 0 Å². The van der Waals surface area contributed by atoms with Gasteiger partial charge in [0.05, 0.1) is 24.4 Å². The second-order valence-corrected chi connectivity index (χ2v) is 3.12. The molecule has 0 bridgehead atoms.